The molecule has 0 aliphatic carbocycles. The van der Waals surface area contributed by atoms with Crippen molar-refractivity contribution in [3.05, 3.63) is 36.9 Å². The third kappa shape index (κ3) is 3.85. The highest BCUT2D eigenvalue weighted by molar-refractivity contribution is 5.92. The summed E-state index contributed by atoms with van der Waals surface area (Å²) in [5.74, 6) is 0.324. The predicted octanol–water partition coefficient (Wildman–Crippen LogP) is 2.05. The molecule has 4 heterocycles. The van der Waals surface area contributed by atoms with E-state index < -0.39 is 0 Å². The average molecular weight is 343 g/mol. The second-order valence-electron chi connectivity index (χ2n) is 7.11. The van der Waals surface area contributed by atoms with E-state index in [1.165, 1.54) is 0 Å². The maximum atomic E-state index is 12.8. The molecule has 0 radical (unpaired) electrons. The molecule has 1 amide bonds. The van der Waals surface area contributed by atoms with Gasteiger partial charge in [-0.2, -0.15) is 0 Å². The predicted molar refractivity (Wildman–Crippen MR) is 93.9 cm³/mol. The SMILES string of the molecule is O=C(Nc1cccnc1)[C@H]1CCO[C@H]2CCN(CC3CC=CO3)C[C@@H]21. The van der Waals surface area contributed by atoms with Gasteiger partial charge < -0.3 is 14.8 Å². The Morgan fingerprint density at radius 3 is 3.16 bits per heavy atom. The van der Waals surface area contributed by atoms with Gasteiger partial charge in [0.05, 0.1) is 24.3 Å². The van der Waals surface area contributed by atoms with Gasteiger partial charge in [-0.25, -0.2) is 0 Å². The molecule has 4 atom stereocenters. The Balaban J connectivity index is 1.40. The zero-order chi connectivity index (χ0) is 17.1. The smallest absolute Gasteiger partial charge is 0.228 e. The zero-order valence-electron chi connectivity index (χ0n) is 14.3. The number of aromatic nitrogens is 1. The van der Waals surface area contributed by atoms with Crippen molar-refractivity contribution in [2.24, 2.45) is 11.8 Å². The third-order valence-corrected chi connectivity index (χ3v) is 5.45. The molecular weight excluding hydrogens is 318 g/mol. The van der Waals surface area contributed by atoms with E-state index in [1.807, 2.05) is 12.1 Å². The maximum absolute atomic E-state index is 12.8. The molecule has 3 aliphatic rings. The fourth-order valence-corrected chi connectivity index (χ4v) is 4.18. The van der Waals surface area contributed by atoms with Crippen LogP contribution < -0.4 is 5.32 Å². The Bertz CT molecular complexity index is 614. The third-order valence-electron chi connectivity index (χ3n) is 5.45. The lowest BCUT2D eigenvalue weighted by atomic mass is 9.79. The summed E-state index contributed by atoms with van der Waals surface area (Å²) < 4.78 is 11.6. The van der Waals surface area contributed by atoms with E-state index in [-0.39, 0.29) is 30.0 Å². The van der Waals surface area contributed by atoms with Crippen LogP contribution >= 0.6 is 0 Å². The number of likely N-dealkylation sites (tertiary alicyclic amines) is 1. The van der Waals surface area contributed by atoms with Crippen molar-refractivity contribution in [1.29, 1.82) is 0 Å². The first-order valence-electron chi connectivity index (χ1n) is 9.15. The van der Waals surface area contributed by atoms with Crippen LogP contribution in [0.2, 0.25) is 0 Å². The number of carbonyl (C=O) groups is 1. The van der Waals surface area contributed by atoms with Gasteiger partial charge in [-0.05, 0) is 31.1 Å². The van der Waals surface area contributed by atoms with E-state index in [9.17, 15) is 4.79 Å². The van der Waals surface area contributed by atoms with Gasteiger partial charge in [0.2, 0.25) is 5.91 Å². The molecule has 0 saturated carbocycles. The molecule has 0 aromatic carbocycles. The first kappa shape index (κ1) is 16.5. The number of hydrogen-bond donors (Lipinski definition) is 1. The van der Waals surface area contributed by atoms with Gasteiger partial charge in [-0.15, -0.1) is 0 Å². The molecule has 25 heavy (non-hydrogen) atoms. The van der Waals surface area contributed by atoms with E-state index in [0.29, 0.717) is 6.61 Å². The lowest BCUT2D eigenvalue weighted by molar-refractivity contribution is -0.137. The summed E-state index contributed by atoms with van der Waals surface area (Å²) in [6, 6.07) is 3.71. The minimum Gasteiger partial charge on any atom is -0.497 e. The van der Waals surface area contributed by atoms with Gasteiger partial charge in [0.1, 0.15) is 6.10 Å². The Kier molecular flexibility index (Phi) is 4.99. The topological polar surface area (TPSA) is 63.7 Å². The van der Waals surface area contributed by atoms with Gasteiger partial charge in [-0.3, -0.25) is 14.7 Å². The highest BCUT2D eigenvalue weighted by Gasteiger charge is 2.42. The average Bonchev–Trinajstić information content (AvgIpc) is 3.15. The Labute approximate surface area is 148 Å². The molecule has 134 valence electrons. The van der Waals surface area contributed by atoms with Crippen LogP contribution in [0.25, 0.3) is 0 Å². The van der Waals surface area contributed by atoms with Crippen LogP contribution in [0, 0.1) is 11.8 Å². The number of amides is 1. The summed E-state index contributed by atoms with van der Waals surface area (Å²) in [5, 5.41) is 3.02. The fourth-order valence-electron chi connectivity index (χ4n) is 4.18. The van der Waals surface area contributed by atoms with Gasteiger partial charge in [-0.1, -0.05) is 0 Å². The molecule has 2 fully saturated rings. The van der Waals surface area contributed by atoms with Crippen LogP contribution in [0.3, 0.4) is 0 Å². The number of piperidine rings is 1. The van der Waals surface area contributed by atoms with E-state index in [1.54, 1.807) is 18.7 Å². The number of pyridine rings is 1. The lowest BCUT2D eigenvalue weighted by Crippen LogP contribution is -2.53. The van der Waals surface area contributed by atoms with Crippen molar-refractivity contribution in [3.63, 3.8) is 0 Å². The first-order chi connectivity index (χ1) is 12.3. The van der Waals surface area contributed by atoms with Crippen molar-refractivity contribution in [2.45, 2.75) is 31.5 Å². The molecule has 1 aromatic rings. The molecule has 1 unspecified atom stereocenters. The monoisotopic (exact) mass is 343 g/mol. The van der Waals surface area contributed by atoms with E-state index in [2.05, 4.69) is 21.3 Å². The number of hydrogen-bond acceptors (Lipinski definition) is 5. The Morgan fingerprint density at radius 2 is 2.36 bits per heavy atom. The molecule has 2 saturated heterocycles. The molecule has 4 rings (SSSR count). The van der Waals surface area contributed by atoms with E-state index in [0.717, 1.165) is 44.6 Å². The standard InChI is InChI=1S/C19H25N3O3/c23-19(21-14-3-1-7-20-11-14)16-6-10-25-18-5-8-22(13-17(16)18)12-15-4-2-9-24-15/h1-3,7,9,11,15-18H,4-6,8,10,12-13H2,(H,21,23)/t15?,16-,17+,18-/m0/s1. The molecule has 6 heteroatoms. The number of rotatable bonds is 4. The van der Waals surface area contributed by atoms with Gasteiger partial charge in [0.15, 0.2) is 0 Å². The van der Waals surface area contributed by atoms with Crippen LogP contribution in [0.5, 0.6) is 0 Å². The number of anilines is 1. The summed E-state index contributed by atoms with van der Waals surface area (Å²) in [6.07, 6.45) is 10.5. The van der Waals surface area contributed by atoms with Crippen LogP contribution in [0.1, 0.15) is 19.3 Å². The quantitative estimate of drug-likeness (QED) is 0.906. The number of ether oxygens (including phenoxy) is 2. The molecule has 1 N–H and O–H groups in total. The maximum Gasteiger partial charge on any atom is 0.228 e. The molecule has 1 aromatic heterocycles. The van der Waals surface area contributed by atoms with Crippen LogP contribution in [0.15, 0.2) is 36.9 Å². The number of fused-ring (bicyclic) bond motifs is 1. The van der Waals surface area contributed by atoms with Crippen molar-refractivity contribution in [2.75, 3.05) is 31.6 Å². The highest BCUT2D eigenvalue weighted by atomic mass is 16.5. The summed E-state index contributed by atoms with van der Waals surface area (Å²) in [7, 11) is 0. The summed E-state index contributed by atoms with van der Waals surface area (Å²) in [4.78, 5) is 19.3. The fraction of sp³-hybridized carbons (Fsp3) is 0.579. The zero-order valence-corrected chi connectivity index (χ0v) is 14.3. The number of nitrogens with one attached hydrogen (secondary N) is 1. The summed E-state index contributed by atoms with van der Waals surface area (Å²) in [6.45, 7) is 3.50. The summed E-state index contributed by atoms with van der Waals surface area (Å²) >= 11 is 0. The molecular formula is C19H25N3O3. The van der Waals surface area contributed by atoms with Crippen molar-refractivity contribution in [1.82, 2.24) is 9.88 Å². The van der Waals surface area contributed by atoms with Gasteiger partial charge in [0, 0.05) is 50.7 Å². The van der Waals surface area contributed by atoms with Crippen LogP contribution in [-0.4, -0.2) is 54.2 Å². The first-order valence-corrected chi connectivity index (χ1v) is 9.15. The van der Waals surface area contributed by atoms with E-state index in [4.69, 9.17) is 9.47 Å². The minimum absolute atomic E-state index is 0.00984. The molecule has 0 spiro atoms. The molecule has 3 aliphatic heterocycles. The second kappa shape index (κ2) is 7.54. The summed E-state index contributed by atoms with van der Waals surface area (Å²) in [5.41, 5.74) is 0.758. The molecule has 0 bridgehead atoms. The Hall–Kier alpha value is -1.92. The van der Waals surface area contributed by atoms with Crippen molar-refractivity contribution in [3.8, 4) is 0 Å². The van der Waals surface area contributed by atoms with Crippen LogP contribution in [-0.2, 0) is 14.3 Å². The normalized spacial score (nSPS) is 32.0. The Morgan fingerprint density at radius 1 is 1.40 bits per heavy atom. The number of carbonyl (C=O) groups excluding carboxylic acids is 1. The second-order valence-corrected chi connectivity index (χ2v) is 7.11. The van der Waals surface area contributed by atoms with Crippen molar-refractivity contribution >= 4 is 11.6 Å². The van der Waals surface area contributed by atoms with Crippen LogP contribution in [0.4, 0.5) is 5.69 Å². The van der Waals surface area contributed by atoms with Gasteiger partial charge >= 0.3 is 0 Å². The highest BCUT2D eigenvalue weighted by Crippen LogP contribution is 2.34. The number of nitrogens with zero attached hydrogens (tertiary/aromatic N) is 2. The van der Waals surface area contributed by atoms with Crippen molar-refractivity contribution < 1.29 is 14.3 Å². The molecule has 6 nitrogen and oxygen atoms in total. The van der Waals surface area contributed by atoms with Gasteiger partial charge in [0.25, 0.3) is 0 Å². The van der Waals surface area contributed by atoms with E-state index >= 15 is 0 Å². The lowest BCUT2D eigenvalue weighted by Gasteiger charge is -2.44. The minimum atomic E-state index is -0.00984. The largest absolute Gasteiger partial charge is 0.497 e.